The Morgan fingerprint density at radius 1 is 0.654 bits per heavy atom. The molecular formula is C25H17N. The Labute approximate surface area is 151 Å². The number of hydrogen-bond acceptors (Lipinski definition) is 1. The maximum Gasteiger partial charge on any atom is 0.0789 e. The number of nitrogens with zero attached hydrogens (tertiary/aromatic N) is 1. The van der Waals surface area contributed by atoms with Crippen LogP contribution in [0.5, 0.6) is 0 Å². The SMILES string of the molecule is Cc1nc2c(ccc3ccccc32)c2c1Cc1ccc3ccccc3c1-2. The van der Waals surface area contributed by atoms with Crippen LogP contribution in [0, 0.1) is 6.92 Å². The lowest BCUT2D eigenvalue weighted by molar-refractivity contribution is 1.15. The van der Waals surface area contributed by atoms with Crippen LogP contribution < -0.4 is 0 Å². The molecule has 0 amide bonds. The third kappa shape index (κ3) is 1.72. The van der Waals surface area contributed by atoms with Crippen molar-refractivity contribution in [1.82, 2.24) is 4.98 Å². The quantitative estimate of drug-likeness (QED) is 0.293. The molecule has 1 heteroatoms. The second-order valence-corrected chi connectivity index (χ2v) is 7.23. The molecule has 122 valence electrons. The minimum Gasteiger partial charge on any atom is -0.252 e. The van der Waals surface area contributed by atoms with E-state index in [9.17, 15) is 0 Å². The molecule has 1 nitrogen and oxygen atoms in total. The monoisotopic (exact) mass is 331 g/mol. The van der Waals surface area contributed by atoms with Gasteiger partial charge in [0, 0.05) is 22.9 Å². The summed E-state index contributed by atoms with van der Waals surface area (Å²) in [5.74, 6) is 0. The van der Waals surface area contributed by atoms with Crippen molar-refractivity contribution in [2.75, 3.05) is 0 Å². The molecule has 1 aliphatic carbocycles. The summed E-state index contributed by atoms with van der Waals surface area (Å²) < 4.78 is 0. The Hall–Kier alpha value is -3.19. The maximum absolute atomic E-state index is 5.04. The smallest absolute Gasteiger partial charge is 0.0789 e. The van der Waals surface area contributed by atoms with Crippen LogP contribution in [0.1, 0.15) is 16.8 Å². The summed E-state index contributed by atoms with van der Waals surface area (Å²) in [5, 5.41) is 6.43. The van der Waals surface area contributed by atoms with Crippen LogP contribution in [0.15, 0.2) is 72.8 Å². The third-order valence-corrected chi connectivity index (χ3v) is 5.82. The molecule has 0 saturated heterocycles. The predicted octanol–water partition coefficient (Wildman–Crippen LogP) is 6.42. The van der Waals surface area contributed by atoms with Crippen molar-refractivity contribution in [3.63, 3.8) is 0 Å². The van der Waals surface area contributed by atoms with Crippen LogP contribution >= 0.6 is 0 Å². The highest BCUT2D eigenvalue weighted by molar-refractivity contribution is 6.15. The van der Waals surface area contributed by atoms with Crippen LogP contribution in [0.4, 0.5) is 0 Å². The number of fused-ring (bicyclic) bond motifs is 9. The first-order valence-electron chi connectivity index (χ1n) is 9.13. The van der Waals surface area contributed by atoms with Gasteiger partial charge in [-0.25, -0.2) is 0 Å². The fraction of sp³-hybridized carbons (Fsp3) is 0.0800. The first kappa shape index (κ1) is 14.0. The predicted molar refractivity (Wildman–Crippen MR) is 110 cm³/mol. The summed E-state index contributed by atoms with van der Waals surface area (Å²) in [6.07, 6.45) is 0.983. The van der Waals surface area contributed by atoms with Crippen molar-refractivity contribution in [1.29, 1.82) is 0 Å². The van der Waals surface area contributed by atoms with Crippen molar-refractivity contribution >= 4 is 32.4 Å². The number of benzene rings is 4. The summed E-state index contributed by atoms with van der Waals surface area (Å²) in [7, 11) is 0. The molecule has 4 aromatic carbocycles. The number of aryl methyl sites for hydroxylation is 1. The molecule has 0 fully saturated rings. The van der Waals surface area contributed by atoms with Gasteiger partial charge in [-0.15, -0.1) is 0 Å². The first-order chi connectivity index (χ1) is 12.8. The van der Waals surface area contributed by atoms with Gasteiger partial charge in [-0.3, -0.25) is 4.98 Å². The molecule has 0 aliphatic heterocycles. The number of hydrogen-bond donors (Lipinski definition) is 0. The molecule has 1 aliphatic rings. The van der Waals surface area contributed by atoms with Gasteiger partial charge < -0.3 is 0 Å². The van der Waals surface area contributed by atoms with Crippen LogP contribution in [0.2, 0.25) is 0 Å². The van der Waals surface area contributed by atoms with Crippen LogP contribution in [0.3, 0.4) is 0 Å². The molecule has 0 bridgehead atoms. The van der Waals surface area contributed by atoms with Gasteiger partial charge in [0.05, 0.1) is 5.52 Å². The molecule has 26 heavy (non-hydrogen) atoms. The molecule has 0 atom stereocenters. The van der Waals surface area contributed by atoms with Crippen molar-refractivity contribution in [2.45, 2.75) is 13.3 Å². The highest BCUT2D eigenvalue weighted by atomic mass is 14.7. The van der Waals surface area contributed by atoms with Gasteiger partial charge in [-0.05, 0) is 45.3 Å². The number of pyridine rings is 1. The zero-order valence-corrected chi connectivity index (χ0v) is 14.6. The Bertz CT molecular complexity index is 1360. The molecule has 0 unspecified atom stereocenters. The van der Waals surface area contributed by atoms with E-state index in [1.54, 1.807) is 0 Å². The number of aromatic nitrogens is 1. The van der Waals surface area contributed by atoms with Gasteiger partial charge in [-0.2, -0.15) is 0 Å². The molecule has 0 saturated carbocycles. The molecule has 5 aromatic rings. The van der Waals surface area contributed by atoms with Gasteiger partial charge in [0.15, 0.2) is 0 Å². The van der Waals surface area contributed by atoms with E-state index in [0.29, 0.717) is 0 Å². The van der Waals surface area contributed by atoms with E-state index in [1.165, 1.54) is 49.2 Å². The van der Waals surface area contributed by atoms with Gasteiger partial charge in [0.1, 0.15) is 0 Å². The summed E-state index contributed by atoms with van der Waals surface area (Å²) in [5.41, 5.74) is 7.89. The largest absolute Gasteiger partial charge is 0.252 e. The summed E-state index contributed by atoms with van der Waals surface area (Å²) in [4.78, 5) is 5.04. The molecule has 6 rings (SSSR count). The van der Waals surface area contributed by atoms with Crippen LogP contribution in [-0.2, 0) is 6.42 Å². The van der Waals surface area contributed by atoms with Crippen molar-refractivity contribution in [3.8, 4) is 11.1 Å². The first-order valence-corrected chi connectivity index (χ1v) is 9.13. The molecule has 0 spiro atoms. The molecule has 1 aromatic heterocycles. The van der Waals surface area contributed by atoms with Gasteiger partial charge >= 0.3 is 0 Å². The Morgan fingerprint density at radius 3 is 2.19 bits per heavy atom. The van der Waals surface area contributed by atoms with Crippen molar-refractivity contribution in [3.05, 3.63) is 89.6 Å². The van der Waals surface area contributed by atoms with Crippen molar-refractivity contribution in [2.24, 2.45) is 0 Å². The van der Waals surface area contributed by atoms with Crippen LogP contribution in [0.25, 0.3) is 43.6 Å². The summed E-state index contributed by atoms with van der Waals surface area (Å²) in [6.45, 7) is 2.16. The van der Waals surface area contributed by atoms with Crippen LogP contribution in [-0.4, -0.2) is 4.98 Å². The van der Waals surface area contributed by atoms with E-state index < -0.39 is 0 Å². The zero-order chi connectivity index (χ0) is 17.3. The minimum absolute atomic E-state index is 0.983. The average Bonchev–Trinajstić information content (AvgIpc) is 3.09. The lowest BCUT2D eigenvalue weighted by atomic mass is 9.93. The fourth-order valence-electron chi connectivity index (χ4n) is 4.61. The van der Waals surface area contributed by atoms with E-state index >= 15 is 0 Å². The third-order valence-electron chi connectivity index (χ3n) is 5.82. The Balaban J connectivity index is 1.85. The average molecular weight is 331 g/mol. The maximum atomic E-state index is 5.04. The highest BCUT2D eigenvalue weighted by Crippen LogP contribution is 2.46. The Morgan fingerprint density at radius 2 is 1.35 bits per heavy atom. The normalized spacial score (nSPS) is 12.7. The van der Waals surface area contributed by atoms with E-state index in [0.717, 1.165) is 17.6 Å². The lowest BCUT2D eigenvalue weighted by Gasteiger charge is -2.13. The second-order valence-electron chi connectivity index (χ2n) is 7.23. The lowest BCUT2D eigenvalue weighted by Crippen LogP contribution is -1.94. The van der Waals surface area contributed by atoms with E-state index in [2.05, 4.69) is 79.7 Å². The molecular weight excluding hydrogens is 314 g/mol. The minimum atomic E-state index is 0.983. The standard InChI is InChI=1S/C25H17N/c1-15-22-14-18-11-10-16-6-2-4-8-19(16)23(18)24(22)21-13-12-17-7-3-5-9-20(17)25(21)26-15/h2-13H,14H2,1H3. The van der Waals surface area contributed by atoms with Crippen molar-refractivity contribution < 1.29 is 0 Å². The molecule has 0 radical (unpaired) electrons. The van der Waals surface area contributed by atoms with Gasteiger partial charge in [-0.1, -0.05) is 72.8 Å². The second kappa shape index (κ2) is 4.92. The fourth-order valence-corrected chi connectivity index (χ4v) is 4.61. The van der Waals surface area contributed by atoms with Gasteiger partial charge in [0.2, 0.25) is 0 Å². The Kier molecular flexibility index (Phi) is 2.66. The summed E-state index contributed by atoms with van der Waals surface area (Å²) in [6, 6.07) is 26.3. The van der Waals surface area contributed by atoms with Gasteiger partial charge in [0.25, 0.3) is 0 Å². The zero-order valence-electron chi connectivity index (χ0n) is 14.6. The topological polar surface area (TPSA) is 12.9 Å². The van der Waals surface area contributed by atoms with E-state index in [1.807, 2.05) is 0 Å². The number of rotatable bonds is 0. The van der Waals surface area contributed by atoms with E-state index in [-0.39, 0.29) is 0 Å². The summed E-state index contributed by atoms with van der Waals surface area (Å²) >= 11 is 0. The molecule has 0 N–H and O–H groups in total. The highest BCUT2D eigenvalue weighted by Gasteiger charge is 2.25. The molecule has 1 heterocycles. The van der Waals surface area contributed by atoms with E-state index in [4.69, 9.17) is 4.98 Å².